The van der Waals surface area contributed by atoms with E-state index in [4.69, 9.17) is 9.84 Å². The molecule has 1 heterocycles. The lowest BCUT2D eigenvalue weighted by atomic mass is 10.2. The Morgan fingerprint density at radius 2 is 2.28 bits per heavy atom. The van der Waals surface area contributed by atoms with Gasteiger partial charge in [-0.05, 0) is 25.5 Å². The number of aldehydes is 1. The van der Waals surface area contributed by atoms with Gasteiger partial charge < -0.3 is 14.7 Å². The zero-order chi connectivity index (χ0) is 13.4. The number of rotatable bonds is 8. The second-order valence-electron chi connectivity index (χ2n) is 3.94. The van der Waals surface area contributed by atoms with Gasteiger partial charge in [-0.2, -0.15) is 0 Å². The Hall–Kier alpha value is -1.46. The molecule has 0 aliphatic rings. The van der Waals surface area contributed by atoms with Crippen LogP contribution in [0.25, 0.3) is 0 Å². The van der Waals surface area contributed by atoms with E-state index in [-0.39, 0.29) is 6.61 Å². The van der Waals surface area contributed by atoms with Gasteiger partial charge in [-0.1, -0.05) is 0 Å². The molecule has 1 aromatic heterocycles. The van der Waals surface area contributed by atoms with Crippen LogP contribution in [0, 0.1) is 6.92 Å². The molecule has 1 rings (SSSR count). The topological polar surface area (TPSA) is 62.7 Å². The van der Waals surface area contributed by atoms with E-state index in [0.29, 0.717) is 25.3 Å². The number of aromatic nitrogens is 1. The third kappa shape index (κ3) is 4.09. The van der Waals surface area contributed by atoms with Crippen molar-refractivity contribution in [2.24, 2.45) is 0 Å². The third-order valence-corrected chi connectivity index (χ3v) is 2.63. The quantitative estimate of drug-likeness (QED) is 0.553. The molecular formula is C13H20N2O3. The van der Waals surface area contributed by atoms with Crippen LogP contribution in [0.15, 0.2) is 12.3 Å². The van der Waals surface area contributed by atoms with Crippen LogP contribution in [0.4, 0.5) is 5.82 Å². The number of nitrogens with zero attached hydrogens (tertiary/aromatic N) is 2. The maximum Gasteiger partial charge on any atom is 0.151 e. The number of aryl methyl sites for hydroxylation is 1. The van der Waals surface area contributed by atoms with Crippen molar-refractivity contribution in [1.82, 2.24) is 4.98 Å². The van der Waals surface area contributed by atoms with Crippen molar-refractivity contribution in [2.45, 2.75) is 13.8 Å². The van der Waals surface area contributed by atoms with Crippen LogP contribution >= 0.6 is 0 Å². The summed E-state index contributed by atoms with van der Waals surface area (Å²) in [5.41, 5.74) is 1.56. The van der Waals surface area contributed by atoms with Crippen LogP contribution in [0.2, 0.25) is 0 Å². The monoisotopic (exact) mass is 252 g/mol. The summed E-state index contributed by atoms with van der Waals surface area (Å²) in [5, 5.41) is 8.62. The van der Waals surface area contributed by atoms with E-state index in [1.165, 1.54) is 0 Å². The Bertz CT molecular complexity index is 382. The molecule has 0 bridgehead atoms. The molecule has 0 spiro atoms. The summed E-state index contributed by atoms with van der Waals surface area (Å²) in [6, 6.07) is 1.83. The summed E-state index contributed by atoms with van der Waals surface area (Å²) in [6.07, 6.45) is 2.37. The smallest absolute Gasteiger partial charge is 0.151 e. The molecule has 0 aliphatic heterocycles. The molecule has 1 aromatic rings. The summed E-state index contributed by atoms with van der Waals surface area (Å²) >= 11 is 0. The molecule has 0 saturated heterocycles. The Morgan fingerprint density at radius 3 is 2.83 bits per heavy atom. The van der Waals surface area contributed by atoms with Gasteiger partial charge in [0.15, 0.2) is 6.29 Å². The summed E-state index contributed by atoms with van der Waals surface area (Å²) in [5.74, 6) is 0.871. The molecule has 0 aromatic carbocycles. The van der Waals surface area contributed by atoms with Crippen molar-refractivity contribution in [3.8, 4) is 0 Å². The predicted octanol–water partition coefficient (Wildman–Crippen LogP) is 1.04. The fourth-order valence-corrected chi connectivity index (χ4v) is 1.74. The number of carbonyl (C=O) groups excluding carboxylic acids is 1. The highest BCUT2D eigenvalue weighted by Crippen LogP contribution is 2.16. The lowest BCUT2D eigenvalue weighted by Gasteiger charge is -2.23. The Morgan fingerprint density at radius 1 is 1.50 bits per heavy atom. The number of likely N-dealkylation sites (N-methyl/N-ethyl adjacent to an activating group) is 1. The molecule has 100 valence electrons. The summed E-state index contributed by atoms with van der Waals surface area (Å²) in [6.45, 7) is 6.45. The highest BCUT2D eigenvalue weighted by molar-refractivity contribution is 5.75. The minimum Gasteiger partial charge on any atom is -0.394 e. The number of pyridine rings is 1. The molecule has 1 N–H and O–H groups in total. The Kier molecular flexibility index (Phi) is 6.32. The third-order valence-electron chi connectivity index (χ3n) is 2.63. The van der Waals surface area contributed by atoms with Gasteiger partial charge in [-0.3, -0.25) is 4.79 Å². The average molecular weight is 252 g/mol. The second-order valence-corrected chi connectivity index (χ2v) is 3.94. The standard InChI is InChI=1S/C13H20N2O3/c1-3-15(4-6-18-7-5-16)13-11(2)8-12(10-17)9-14-13/h8-10,16H,3-7H2,1-2H3. The zero-order valence-corrected chi connectivity index (χ0v) is 10.9. The van der Waals surface area contributed by atoms with E-state index < -0.39 is 0 Å². The summed E-state index contributed by atoms with van der Waals surface area (Å²) in [7, 11) is 0. The maximum atomic E-state index is 10.7. The van der Waals surface area contributed by atoms with Gasteiger partial charge in [0, 0.05) is 24.8 Å². The molecule has 18 heavy (non-hydrogen) atoms. The van der Waals surface area contributed by atoms with E-state index >= 15 is 0 Å². The number of anilines is 1. The van der Waals surface area contributed by atoms with Crippen molar-refractivity contribution in [3.63, 3.8) is 0 Å². The number of aliphatic hydroxyl groups excluding tert-OH is 1. The van der Waals surface area contributed by atoms with E-state index in [9.17, 15) is 4.79 Å². The summed E-state index contributed by atoms with van der Waals surface area (Å²) < 4.78 is 5.25. The van der Waals surface area contributed by atoms with Crippen LogP contribution in [0.3, 0.4) is 0 Å². The number of ether oxygens (including phenoxy) is 1. The van der Waals surface area contributed by atoms with Gasteiger partial charge in [0.05, 0.1) is 19.8 Å². The Labute approximate surface area is 107 Å². The number of hydrogen-bond acceptors (Lipinski definition) is 5. The highest BCUT2D eigenvalue weighted by atomic mass is 16.5. The molecule has 0 saturated carbocycles. The molecule has 0 unspecified atom stereocenters. The van der Waals surface area contributed by atoms with Gasteiger partial charge in [0.2, 0.25) is 0 Å². The highest BCUT2D eigenvalue weighted by Gasteiger charge is 2.09. The SMILES string of the molecule is CCN(CCOCCO)c1ncc(C=O)cc1C. The lowest BCUT2D eigenvalue weighted by Crippen LogP contribution is -2.29. The van der Waals surface area contributed by atoms with Crippen molar-refractivity contribution >= 4 is 12.1 Å². The fourth-order valence-electron chi connectivity index (χ4n) is 1.74. The van der Waals surface area contributed by atoms with E-state index in [1.807, 2.05) is 19.9 Å². The molecule has 0 amide bonds. The first kappa shape index (κ1) is 14.6. The minimum atomic E-state index is 0.0391. The summed E-state index contributed by atoms with van der Waals surface area (Å²) in [4.78, 5) is 17.0. The van der Waals surface area contributed by atoms with Crippen LogP contribution in [-0.4, -0.2) is 49.3 Å². The van der Waals surface area contributed by atoms with Crippen molar-refractivity contribution in [1.29, 1.82) is 0 Å². The predicted molar refractivity (Wildman–Crippen MR) is 70.2 cm³/mol. The fraction of sp³-hybridized carbons (Fsp3) is 0.538. The van der Waals surface area contributed by atoms with Crippen LogP contribution in [-0.2, 0) is 4.74 Å². The van der Waals surface area contributed by atoms with Crippen LogP contribution in [0.5, 0.6) is 0 Å². The molecule has 0 atom stereocenters. The lowest BCUT2D eigenvalue weighted by molar-refractivity contribution is 0.0967. The maximum absolute atomic E-state index is 10.7. The Balaban J connectivity index is 2.66. The number of aliphatic hydroxyl groups is 1. The van der Waals surface area contributed by atoms with Crippen molar-refractivity contribution < 1.29 is 14.6 Å². The van der Waals surface area contributed by atoms with E-state index in [2.05, 4.69) is 9.88 Å². The van der Waals surface area contributed by atoms with Crippen LogP contribution < -0.4 is 4.90 Å². The average Bonchev–Trinajstić information content (AvgIpc) is 2.39. The van der Waals surface area contributed by atoms with Gasteiger partial charge in [0.25, 0.3) is 0 Å². The largest absolute Gasteiger partial charge is 0.394 e. The van der Waals surface area contributed by atoms with Gasteiger partial charge in [0.1, 0.15) is 5.82 Å². The number of hydrogen-bond donors (Lipinski definition) is 1. The molecule has 0 fully saturated rings. The molecule has 5 heteroatoms. The zero-order valence-electron chi connectivity index (χ0n) is 10.9. The second kappa shape index (κ2) is 7.79. The van der Waals surface area contributed by atoms with Gasteiger partial charge in [-0.15, -0.1) is 0 Å². The van der Waals surface area contributed by atoms with Crippen molar-refractivity contribution in [2.75, 3.05) is 37.8 Å². The van der Waals surface area contributed by atoms with E-state index in [1.54, 1.807) is 6.20 Å². The first-order valence-corrected chi connectivity index (χ1v) is 6.08. The molecule has 0 radical (unpaired) electrons. The number of carbonyl (C=O) groups is 1. The molecular weight excluding hydrogens is 232 g/mol. The van der Waals surface area contributed by atoms with Gasteiger partial charge in [-0.25, -0.2) is 4.98 Å². The molecule has 5 nitrogen and oxygen atoms in total. The van der Waals surface area contributed by atoms with Gasteiger partial charge >= 0.3 is 0 Å². The van der Waals surface area contributed by atoms with Crippen LogP contribution in [0.1, 0.15) is 22.8 Å². The van der Waals surface area contributed by atoms with E-state index in [0.717, 1.165) is 24.2 Å². The van der Waals surface area contributed by atoms with Crippen molar-refractivity contribution in [3.05, 3.63) is 23.4 Å². The normalized spacial score (nSPS) is 10.4. The molecule has 0 aliphatic carbocycles. The minimum absolute atomic E-state index is 0.0391. The first-order chi connectivity index (χ1) is 8.72. The first-order valence-electron chi connectivity index (χ1n) is 6.08.